The van der Waals surface area contributed by atoms with Crippen molar-refractivity contribution < 1.29 is 45.3 Å². The van der Waals surface area contributed by atoms with Crippen LogP contribution in [-0.4, -0.2) is 56.4 Å². The minimum atomic E-state index is -4.95. The largest absolute Gasteiger partial charge is 0.466 e. The number of likely N-dealkylation sites (tertiary alicyclic amines) is 1. The van der Waals surface area contributed by atoms with Crippen LogP contribution in [0.2, 0.25) is 0 Å². The fourth-order valence-electron chi connectivity index (χ4n) is 6.16. The van der Waals surface area contributed by atoms with Gasteiger partial charge in [0.15, 0.2) is 0 Å². The molecule has 2 saturated heterocycles. The molecule has 0 bridgehead atoms. The SMILES string of the molecule is CCOC(=O)[C@]1(C)CCCN(C[C@H]2COC[C@H](O[C@H](C)c3cc(C(F)(F)F)cc(C(F)(F)F)c3)[C@@H]2c2ccccc2)C1. The normalized spacial score (nSPS) is 26.5. The van der Waals surface area contributed by atoms with E-state index in [1.807, 2.05) is 37.3 Å². The van der Waals surface area contributed by atoms with Gasteiger partial charge in [0.05, 0.1) is 48.6 Å². The van der Waals surface area contributed by atoms with Gasteiger partial charge in [-0.05, 0) is 69.5 Å². The number of nitrogens with zero attached hydrogens (tertiary/aromatic N) is 1. The summed E-state index contributed by atoms with van der Waals surface area (Å²) in [7, 11) is 0. The molecule has 2 aliphatic heterocycles. The van der Waals surface area contributed by atoms with Crippen molar-refractivity contribution in [3.8, 4) is 0 Å². The molecule has 2 aliphatic rings. The number of carbonyl (C=O) groups excluding carboxylic acids is 1. The summed E-state index contributed by atoms with van der Waals surface area (Å²) in [6, 6.07) is 11.0. The van der Waals surface area contributed by atoms with E-state index in [0.717, 1.165) is 18.5 Å². The first-order valence-corrected chi connectivity index (χ1v) is 14.2. The van der Waals surface area contributed by atoms with Gasteiger partial charge in [-0.3, -0.25) is 4.79 Å². The lowest BCUT2D eigenvalue weighted by atomic mass is 9.78. The van der Waals surface area contributed by atoms with Crippen LogP contribution in [0.1, 0.15) is 67.9 Å². The molecule has 2 aromatic rings. The first-order chi connectivity index (χ1) is 19.7. The monoisotopic (exact) mass is 601 g/mol. The Kier molecular flexibility index (Phi) is 9.94. The zero-order valence-electron chi connectivity index (χ0n) is 23.9. The molecule has 0 amide bonds. The van der Waals surface area contributed by atoms with E-state index >= 15 is 0 Å². The third kappa shape index (κ3) is 7.65. The summed E-state index contributed by atoms with van der Waals surface area (Å²) in [5.74, 6) is -0.579. The first-order valence-electron chi connectivity index (χ1n) is 14.2. The Labute approximate surface area is 242 Å². The van der Waals surface area contributed by atoms with Crippen LogP contribution >= 0.6 is 0 Å². The molecule has 0 N–H and O–H groups in total. The van der Waals surface area contributed by atoms with Crippen LogP contribution in [-0.2, 0) is 31.4 Å². The quantitative estimate of drug-likeness (QED) is 0.235. The van der Waals surface area contributed by atoms with Crippen molar-refractivity contribution in [2.75, 3.05) is 39.5 Å². The lowest BCUT2D eigenvalue weighted by Gasteiger charge is -2.44. The highest BCUT2D eigenvalue weighted by Crippen LogP contribution is 2.41. The van der Waals surface area contributed by atoms with Crippen molar-refractivity contribution in [3.05, 3.63) is 70.8 Å². The average Bonchev–Trinajstić information content (AvgIpc) is 2.92. The molecule has 5 atom stereocenters. The summed E-state index contributed by atoms with van der Waals surface area (Å²) in [6.07, 6.45) is -10.1. The second kappa shape index (κ2) is 12.9. The smallest absolute Gasteiger partial charge is 0.416 e. The van der Waals surface area contributed by atoms with Gasteiger partial charge in [0.1, 0.15) is 0 Å². The van der Waals surface area contributed by atoms with Crippen molar-refractivity contribution in [2.45, 2.75) is 64.1 Å². The first kappa shape index (κ1) is 32.3. The van der Waals surface area contributed by atoms with Crippen LogP contribution < -0.4 is 0 Å². The zero-order valence-corrected chi connectivity index (χ0v) is 23.9. The highest BCUT2D eigenvalue weighted by Gasteiger charge is 2.43. The molecule has 2 heterocycles. The fourth-order valence-corrected chi connectivity index (χ4v) is 6.16. The predicted octanol–water partition coefficient (Wildman–Crippen LogP) is 7.27. The van der Waals surface area contributed by atoms with Gasteiger partial charge in [-0.2, -0.15) is 26.3 Å². The van der Waals surface area contributed by atoms with Crippen LogP contribution in [0.15, 0.2) is 48.5 Å². The Bertz CT molecular complexity index is 1170. The Morgan fingerprint density at radius 1 is 1.05 bits per heavy atom. The minimum absolute atomic E-state index is 0.102. The van der Waals surface area contributed by atoms with Gasteiger partial charge in [-0.15, -0.1) is 0 Å². The van der Waals surface area contributed by atoms with Crippen LogP contribution in [0.5, 0.6) is 0 Å². The van der Waals surface area contributed by atoms with E-state index in [1.54, 1.807) is 6.92 Å². The maximum atomic E-state index is 13.5. The predicted molar refractivity (Wildman–Crippen MR) is 144 cm³/mol. The number of rotatable bonds is 8. The molecule has 4 rings (SSSR count). The number of carbonyl (C=O) groups is 1. The standard InChI is InChI=1S/C31H37F6NO4/c1-4-41-28(39)29(3)11-8-12-38(19-29)16-23-17-40-18-26(27(23)21-9-6-5-7-10-21)42-20(2)22-13-24(30(32,33)34)15-25(14-22)31(35,36)37/h5-7,9-10,13-15,20,23,26-27H,4,8,11-12,16-19H2,1-3H3/t20-,23+,26+,27-,29-/m1/s1. The molecule has 2 fully saturated rings. The van der Waals surface area contributed by atoms with Gasteiger partial charge >= 0.3 is 18.3 Å². The molecular formula is C31H37F6NO4. The van der Waals surface area contributed by atoms with Gasteiger partial charge in [0.2, 0.25) is 0 Å². The number of hydrogen-bond acceptors (Lipinski definition) is 5. The van der Waals surface area contributed by atoms with E-state index in [0.29, 0.717) is 44.9 Å². The molecular weight excluding hydrogens is 564 g/mol. The number of esters is 1. The molecule has 0 unspecified atom stereocenters. The van der Waals surface area contributed by atoms with Crippen molar-refractivity contribution >= 4 is 5.97 Å². The molecule has 11 heteroatoms. The van der Waals surface area contributed by atoms with Crippen LogP contribution in [0.25, 0.3) is 0 Å². The number of piperidine rings is 1. The maximum absolute atomic E-state index is 13.5. The number of ether oxygens (including phenoxy) is 3. The summed E-state index contributed by atoms with van der Waals surface area (Å²) >= 11 is 0. The highest BCUT2D eigenvalue weighted by atomic mass is 19.4. The van der Waals surface area contributed by atoms with E-state index in [4.69, 9.17) is 14.2 Å². The van der Waals surface area contributed by atoms with Gasteiger partial charge in [-0.1, -0.05) is 30.3 Å². The van der Waals surface area contributed by atoms with E-state index in [1.165, 1.54) is 6.92 Å². The van der Waals surface area contributed by atoms with Gasteiger partial charge in [0.25, 0.3) is 0 Å². The van der Waals surface area contributed by atoms with E-state index in [-0.39, 0.29) is 36.0 Å². The molecule has 5 nitrogen and oxygen atoms in total. The Balaban J connectivity index is 1.59. The molecule has 0 radical (unpaired) electrons. The number of hydrogen-bond donors (Lipinski definition) is 0. The molecule has 0 spiro atoms. The highest BCUT2D eigenvalue weighted by molar-refractivity contribution is 5.76. The van der Waals surface area contributed by atoms with Crippen LogP contribution in [0, 0.1) is 11.3 Å². The molecule has 0 aromatic heterocycles. The van der Waals surface area contributed by atoms with Crippen LogP contribution in [0.3, 0.4) is 0 Å². The molecule has 232 valence electrons. The molecule has 2 aromatic carbocycles. The summed E-state index contributed by atoms with van der Waals surface area (Å²) in [5, 5.41) is 0. The fraction of sp³-hybridized carbons (Fsp3) is 0.581. The lowest BCUT2D eigenvalue weighted by molar-refractivity contribution is -0.158. The summed E-state index contributed by atoms with van der Waals surface area (Å²) < 4.78 is 98.5. The summed E-state index contributed by atoms with van der Waals surface area (Å²) in [6.45, 7) is 7.82. The van der Waals surface area contributed by atoms with Gasteiger partial charge in [0, 0.05) is 24.9 Å². The topological polar surface area (TPSA) is 48.0 Å². The summed E-state index contributed by atoms with van der Waals surface area (Å²) in [5.41, 5.74) is -2.68. The molecule has 42 heavy (non-hydrogen) atoms. The van der Waals surface area contributed by atoms with Crippen LogP contribution in [0.4, 0.5) is 26.3 Å². The Morgan fingerprint density at radius 3 is 2.29 bits per heavy atom. The van der Waals surface area contributed by atoms with E-state index in [2.05, 4.69) is 4.90 Å². The Morgan fingerprint density at radius 2 is 1.69 bits per heavy atom. The number of halogens is 6. The molecule has 0 aliphatic carbocycles. The van der Waals surface area contributed by atoms with E-state index in [9.17, 15) is 31.1 Å². The van der Waals surface area contributed by atoms with Crippen molar-refractivity contribution in [3.63, 3.8) is 0 Å². The second-order valence-corrected chi connectivity index (χ2v) is 11.5. The maximum Gasteiger partial charge on any atom is 0.416 e. The summed E-state index contributed by atoms with van der Waals surface area (Å²) in [4.78, 5) is 14.9. The molecule has 0 saturated carbocycles. The Hall–Kier alpha value is -2.63. The number of benzene rings is 2. The van der Waals surface area contributed by atoms with Crippen molar-refractivity contribution in [1.29, 1.82) is 0 Å². The van der Waals surface area contributed by atoms with Gasteiger partial charge < -0.3 is 19.1 Å². The van der Waals surface area contributed by atoms with Crippen molar-refractivity contribution in [1.82, 2.24) is 4.90 Å². The number of alkyl halides is 6. The van der Waals surface area contributed by atoms with Crippen molar-refractivity contribution in [2.24, 2.45) is 11.3 Å². The van der Waals surface area contributed by atoms with E-state index < -0.39 is 41.1 Å². The third-order valence-corrected chi connectivity index (χ3v) is 8.20. The average molecular weight is 602 g/mol. The third-order valence-electron chi connectivity index (χ3n) is 8.20. The minimum Gasteiger partial charge on any atom is -0.466 e. The second-order valence-electron chi connectivity index (χ2n) is 11.5. The van der Waals surface area contributed by atoms with Gasteiger partial charge in [-0.25, -0.2) is 0 Å². The zero-order chi connectivity index (χ0) is 30.7. The lowest BCUT2D eigenvalue weighted by Crippen LogP contribution is -2.51.